The maximum Gasteiger partial charge on any atom is 0.277 e. The number of hydrogen-bond acceptors (Lipinski definition) is 3. The quantitative estimate of drug-likeness (QED) is 0.495. The van der Waals surface area contributed by atoms with Crippen LogP contribution in [0.5, 0.6) is 5.75 Å². The third-order valence-corrected chi connectivity index (χ3v) is 5.63. The zero-order chi connectivity index (χ0) is 21.5. The number of carbonyl (C=O) groups is 1. The first-order valence-electron chi connectivity index (χ1n) is 9.96. The van der Waals surface area contributed by atoms with Gasteiger partial charge >= 0.3 is 0 Å². The molecule has 1 atom stereocenters. The number of anilines is 1. The number of hydrogen-bond donors (Lipinski definition) is 1. The Hall–Kier alpha value is -3.93. The third kappa shape index (κ3) is 3.08. The molecule has 6 heteroatoms. The van der Waals surface area contributed by atoms with Gasteiger partial charge in [-0.1, -0.05) is 48.0 Å². The number of halogens is 1. The summed E-state index contributed by atoms with van der Waals surface area (Å²) in [6, 6.07) is 21.1. The lowest BCUT2D eigenvalue weighted by atomic mass is 9.95. The predicted molar refractivity (Wildman–Crippen MR) is 117 cm³/mol. The maximum absolute atomic E-state index is 13.6. The van der Waals surface area contributed by atoms with Crippen molar-refractivity contribution >= 4 is 11.6 Å². The van der Waals surface area contributed by atoms with Gasteiger partial charge < -0.3 is 4.74 Å². The van der Waals surface area contributed by atoms with Crippen molar-refractivity contribution in [2.75, 3.05) is 12.0 Å². The molecule has 0 saturated carbocycles. The molecule has 0 bridgehead atoms. The molecular formula is C25H20FN3O2. The Morgan fingerprint density at radius 3 is 2.42 bits per heavy atom. The van der Waals surface area contributed by atoms with Gasteiger partial charge in [0.05, 0.1) is 18.8 Å². The molecule has 1 aromatic heterocycles. The number of rotatable bonds is 4. The summed E-state index contributed by atoms with van der Waals surface area (Å²) < 4.78 is 19.2. The van der Waals surface area contributed by atoms with Crippen LogP contribution in [0.3, 0.4) is 0 Å². The molecule has 4 aromatic rings. The second kappa shape index (κ2) is 7.40. The number of nitrogens with one attached hydrogen (secondary N) is 1. The topological polar surface area (TPSA) is 58.2 Å². The van der Waals surface area contributed by atoms with E-state index in [1.807, 2.05) is 55.5 Å². The summed E-state index contributed by atoms with van der Waals surface area (Å²) in [5.41, 5.74) is 5.40. The van der Waals surface area contributed by atoms with Crippen LogP contribution in [0.1, 0.15) is 33.2 Å². The van der Waals surface area contributed by atoms with Crippen molar-refractivity contribution < 1.29 is 13.9 Å². The average molecular weight is 413 g/mol. The minimum Gasteiger partial charge on any atom is -0.496 e. The summed E-state index contributed by atoms with van der Waals surface area (Å²) in [5, 5.41) is 7.43. The number of fused-ring (bicyclic) bond motifs is 1. The maximum atomic E-state index is 13.6. The van der Waals surface area contributed by atoms with Crippen LogP contribution in [0.25, 0.3) is 11.3 Å². The second-order valence-electron chi connectivity index (χ2n) is 7.52. The lowest BCUT2D eigenvalue weighted by molar-refractivity contribution is 0.0988. The Kier molecular flexibility index (Phi) is 4.55. The number of H-pyrrole nitrogens is 1. The lowest BCUT2D eigenvalue weighted by Crippen LogP contribution is -2.29. The zero-order valence-corrected chi connectivity index (χ0v) is 17.1. The van der Waals surface area contributed by atoms with E-state index >= 15 is 0 Å². The van der Waals surface area contributed by atoms with Crippen molar-refractivity contribution in [3.8, 4) is 17.0 Å². The van der Waals surface area contributed by atoms with E-state index < -0.39 is 6.04 Å². The number of amides is 1. The smallest absolute Gasteiger partial charge is 0.277 e. The summed E-state index contributed by atoms with van der Waals surface area (Å²) in [6.07, 6.45) is 0. The highest BCUT2D eigenvalue weighted by Gasteiger charge is 2.44. The monoisotopic (exact) mass is 413 g/mol. The van der Waals surface area contributed by atoms with Crippen LogP contribution in [0.4, 0.5) is 10.1 Å². The molecule has 0 fully saturated rings. The van der Waals surface area contributed by atoms with Crippen molar-refractivity contribution in [2.24, 2.45) is 0 Å². The molecule has 154 valence electrons. The molecular weight excluding hydrogens is 393 g/mol. The van der Waals surface area contributed by atoms with Gasteiger partial charge in [0.1, 0.15) is 17.3 Å². The molecule has 2 heterocycles. The molecule has 1 unspecified atom stereocenters. The first-order chi connectivity index (χ1) is 15.1. The summed E-state index contributed by atoms with van der Waals surface area (Å²) in [6.45, 7) is 2.02. The summed E-state index contributed by atoms with van der Waals surface area (Å²) in [4.78, 5) is 15.1. The Balaban J connectivity index is 1.75. The fourth-order valence-electron chi connectivity index (χ4n) is 4.13. The predicted octanol–water partition coefficient (Wildman–Crippen LogP) is 5.28. The van der Waals surface area contributed by atoms with Crippen molar-refractivity contribution in [1.82, 2.24) is 10.2 Å². The van der Waals surface area contributed by atoms with Gasteiger partial charge in [-0.15, -0.1) is 0 Å². The van der Waals surface area contributed by atoms with Crippen LogP contribution in [-0.2, 0) is 0 Å². The molecule has 1 aliphatic rings. The SMILES string of the molecule is COc1ccccc1C1c2c(-c3ccc(C)cc3)n[nH]c2C(=O)N1c1ccc(F)cc1. The van der Waals surface area contributed by atoms with Crippen LogP contribution in [-0.4, -0.2) is 23.2 Å². The van der Waals surface area contributed by atoms with Crippen molar-refractivity contribution in [1.29, 1.82) is 0 Å². The zero-order valence-electron chi connectivity index (χ0n) is 17.1. The fraction of sp³-hybridized carbons (Fsp3) is 0.120. The van der Waals surface area contributed by atoms with Gasteiger partial charge in [-0.3, -0.25) is 14.8 Å². The van der Waals surface area contributed by atoms with Gasteiger partial charge in [0.15, 0.2) is 0 Å². The van der Waals surface area contributed by atoms with E-state index in [0.717, 1.165) is 22.3 Å². The van der Waals surface area contributed by atoms with E-state index in [1.165, 1.54) is 12.1 Å². The molecule has 1 aliphatic heterocycles. The van der Waals surface area contributed by atoms with E-state index in [-0.39, 0.29) is 11.7 Å². The Morgan fingerprint density at radius 2 is 1.71 bits per heavy atom. The van der Waals surface area contributed by atoms with Gasteiger partial charge in [0, 0.05) is 22.4 Å². The molecule has 0 spiro atoms. The molecule has 31 heavy (non-hydrogen) atoms. The van der Waals surface area contributed by atoms with E-state index in [1.54, 1.807) is 24.1 Å². The number of para-hydroxylation sites is 1. The number of aryl methyl sites for hydroxylation is 1. The summed E-state index contributed by atoms with van der Waals surface area (Å²) in [5.74, 6) is 0.0875. The minimum absolute atomic E-state index is 0.219. The van der Waals surface area contributed by atoms with E-state index in [9.17, 15) is 9.18 Å². The van der Waals surface area contributed by atoms with E-state index in [2.05, 4.69) is 10.2 Å². The number of carbonyl (C=O) groups excluding carboxylic acids is 1. The van der Waals surface area contributed by atoms with Crippen molar-refractivity contribution in [3.63, 3.8) is 0 Å². The highest BCUT2D eigenvalue weighted by molar-refractivity contribution is 6.11. The minimum atomic E-state index is -0.473. The van der Waals surface area contributed by atoms with Crippen molar-refractivity contribution in [2.45, 2.75) is 13.0 Å². The van der Waals surface area contributed by atoms with Crippen LogP contribution < -0.4 is 9.64 Å². The van der Waals surface area contributed by atoms with Crippen LogP contribution >= 0.6 is 0 Å². The number of aromatic amines is 1. The number of methoxy groups -OCH3 is 1. The number of ether oxygens (including phenoxy) is 1. The third-order valence-electron chi connectivity index (χ3n) is 5.63. The second-order valence-corrected chi connectivity index (χ2v) is 7.52. The van der Waals surface area contributed by atoms with Gasteiger partial charge in [-0.2, -0.15) is 5.10 Å². The largest absolute Gasteiger partial charge is 0.496 e. The highest BCUT2D eigenvalue weighted by atomic mass is 19.1. The molecule has 0 radical (unpaired) electrons. The lowest BCUT2D eigenvalue weighted by Gasteiger charge is -2.27. The van der Waals surface area contributed by atoms with Gasteiger partial charge in [-0.05, 0) is 37.3 Å². The summed E-state index contributed by atoms with van der Waals surface area (Å²) in [7, 11) is 1.61. The Bertz CT molecular complexity index is 1260. The molecule has 5 rings (SSSR count). The van der Waals surface area contributed by atoms with E-state index in [4.69, 9.17) is 4.74 Å². The molecule has 1 amide bonds. The first-order valence-corrected chi connectivity index (χ1v) is 9.96. The molecule has 3 aromatic carbocycles. The van der Waals surface area contributed by atoms with E-state index in [0.29, 0.717) is 22.8 Å². The van der Waals surface area contributed by atoms with Gasteiger partial charge in [0.25, 0.3) is 5.91 Å². The Morgan fingerprint density at radius 1 is 1.00 bits per heavy atom. The number of aromatic nitrogens is 2. The molecule has 0 aliphatic carbocycles. The highest BCUT2D eigenvalue weighted by Crippen LogP contribution is 2.47. The fourth-order valence-corrected chi connectivity index (χ4v) is 4.13. The van der Waals surface area contributed by atoms with Gasteiger partial charge in [-0.25, -0.2) is 4.39 Å². The van der Waals surface area contributed by atoms with Crippen LogP contribution in [0, 0.1) is 12.7 Å². The average Bonchev–Trinajstić information content (AvgIpc) is 3.34. The molecule has 5 nitrogen and oxygen atoms in total. The van der Waals surface area contributed by atoms with Crippen LogP contribution in [0.15, 0.2) is 72.8 Å². The molecule has 1 N–H and O–H groups in total. The van der Waals surface area contributed by atoms with Crippen LogP contribution in [0.2, 0.25) is 0 Å². The Labute approximate surface area is 179 Å². The summed E-state index contributed by atoms with van der Waals surface area (Å²) >= 11 is 0. The number of nitrogens with zero attached hydrogens (tertiary/aromatic N) is 2. The normalized spacial score (nSPS) is 15.3. The number of benzene rings is 3. The van der Waals surface area contributed by atoms with Crippen molar-refractivity contribution in [3.05, 3.63) is 101 Å². The first kappa shape index (κ1) is 19.1. The standard InChI is InChI=1S/C25H20FN3O2/c1-15-7-9-16(10-8-15)22-21-23(28-27-22)25(30)29(18-13-11-17(26)12-14-18)24(21)19-5-3-4-6-20(19)31-2/h3-14,24H,1-2H3,(H,27,28). The van der Waals surface area contributed by atoms with Gasteiger partial charge in [0.2, 0.25) is 0 Å². The molecule has 0 saturated heterocycles.